The quantitative estimate of drug-likeness (QED) is 0.232. The number of rotatable bonds is 6. The summed E-state index contributed by atoms with van der Waals surface area (Å²) in [6, 6.07) is 7.53. The fourth-order valence-electron chi connectivity index (χ4n) is 13.7. The predicted octanol–water partition coefficient (Wildman–Crippen LogP) is 7.94. The molecule has 6 nitrogen and oxygen atoms in total. The molecule has 9 atom stereocenters. The highest BCUT2D eigenvalue weighted by Gasteiger charge is 2.70. The molecule has 50 heavy (non-hydrogen) atoms. The van der Waals surface area contributed by atoms with Crippen molar-refractivity contribution in [3.8, 4) is 0 Å². The molecule has 0 spiro atoms. The number of fused-ring (bicyclic) bond motifs is 7. The van der Waals surface area contributed by atoms with Crippen LogP contribution in [-0.2, 0) is 14.3 Å². The summed E-state index contributed by atoms with van der Waals surface area (Å²) < 4.78 is 12.5. The van der Waals surface area contributed by atoms with Crippen LogP contribution >= 0.6 is 0 Å². The van der Waals surface area contributed by atoms with Crippen molar-refractivity contribution < 1.29 is 18.9 Å². The van der Waals surface area contributed by atoms with Gasteiger partial charge in [0.1, 0.15) is 0 Å². The van der Waals surface area contributed by atoms with Crippen molar-refractivity contribution >= 4 is 32.8 Å². The molecule has 5 fully saturated rings. The molecule has 4 saturated carbocycles. The third kappa shape index (κ3) is 5.41. The third-order valence-electron chi connectivity index (χ3n) is 16.4. The number of nitrogens with one attached hydrogen (secondary N) is 1. The number of carboxylic acids is 1. The van der Waals surface area contributed by atoms with Crippen molar-refractivity contribution in [3.05, 3.63) is 53.6 Å². The number of carbonyl (C=O) groups excluding carboxylic acids is 1. The van der Waals surface area contributed by atoms with E-state index in [0.717, 1.165) is 37.7 Å². The first kappa shape index (κ1) is 36.0. The number of hydrogen-bond acceptors (Lipinski definition) is 4. The average Bonchev–Trinajstić information content (AvgIpc) is 3.42. The Bertz CT molecular complexity index is 1700. The molecule has 6 aliphatic rings. The van der Waals surface area contributed by atoms with E-state index >= 15 is 0 Å². The van der Waals surface area contributed by atoms with Gasteiger partial charge >= 0.3 is 5.97 Å². The zero-order valence-corrected chi connectivity index (χ0v) is 32.4. The molecule has 274 valence electrons. The van der Waals surface area contributed by atoms with Crippen LogP contribution in [0, 0.1) is 51.2 Å². The molecule has 5 aliphatic carbocycles. The van der Waals surface area contributed by atoms with Gasteiger partial charge in [-0.15, -0.1) is 0 Å². The van der Waals surface area contributed by atoms with Crippen molar-refractivity contribution in [2.45, 2.75) is 105 Å². The second-order valence-corrected chi connectivity index (χ2v) is 21.7. The van der Waals surface area contributed by atoms with Crippen LogP contribution in [-0.4, -0.2) is 68.6 Å². The Morgan fingerprint density at radius 3 is 2.24 bits per heavy atom. The van der Waals surface area contributed by atoms with E-state index in [4.69, 9.17) is 0 Å². The van der Waals surface area contributed by atoms with Crippen LogP contribution in [0.3, 0.4) is 0 Å². The molecule has 1 aliphatic heterocycles. The fraction of sp³-hybridized carbons (Fsp3) is 0.698. The predicted molar refractivity (Wildman–Crippen MR) is 206 cm³/mol. The summed E-state index contributed by atoms with van der Waals surface area (Å²) in [6.07, 6.45) is 12.8. The van der Waals surface area contributed by atoms with Crippen LogP contribution in [0.4, 0.5) is 0 Å². The molecule has 0 bridgehead atoms. The summed E-state index contributed by atoms with van der Waals surface area (Å²) in [7, 11) is -1.99. The smallest absolute Gasteiger partial charge is 0.335 e. The highest BCUT2D eigenvalue weighted by atomic mass is 32.2. The van der Waals surface area contributed by atoms with E-state index in [1.807, 2.05) is 12.1 Å². The zero-order valence-electron chi connectivity index (χ0n) is 31.6. The van der Waals surface area contributed by atoms with E-state index in [1.54, 1.807) is 12.1 Å². The molecule has 1 saturated heterocycles. The largest absolute Gasteiger partial charge is 0.478 e. The first-order valence-corrected chi connectivity index (χ1v) is 21.5. The minimum Gasteiger partial charge on any atom is -0.478 e. The van der Waals surface area contributed by atoms with Crippen molar-refractivity contribution in [2.24, 2.45) is 51.2 Å². The molecule has 1 heterocycles. The lowest BCUT2D eigenvalue weighted by Crippen LogP contribution is -2.68. The molecule has 0 aromatic heterocycles. The third-order valence-corrected chi connectivity index (χ3v) is 18.3. The van der Waals surface area contributed by atoms with Gasteiger partial charge in [-0.05, 0) is 155 Å². The lowest BCUT2D eigenvalue weighted by Gasteiger charge is -2.72. The van der Waals surface area contributed by atoms with Crippen LogP contribution in [0.15, 0.2) is 42.5 Å². The average molecular weight is 703 g/mol. The maximum Gasteiger partial charge on any atom is 0.335 e. The maximum atomic E-state index is 13.8. The summed E-state index contributed by atoms with van der Waals surface area (Å²) in [6.45, 7) is 21.3. The molecule has 1 aromatic rings. The molecule has 7 heteroatoms. The summed E-state index contributed by atoms with van der Waals surface area (Å²) in [5, 5.41) is 13.2. The second-order valence-electron chi connectivity index (χ2n) is 19.0. The lowest BCUT2D eigenvalue weighted by molar-refractivity contribution is -0.219. The van der Waals surface area contributed by atoms with Gasteiger partial charge in [-0.2, -0.15) is 0 Å². The van der Waals surface area contributed by atoms with Gasteiger partial charge in [0.25, 0.3) is 0 Å². The van der Waals surface area contributed by atoms with Crippen LogP contribution in [0.5, 0.6) is 0 Å². The van der Waals surface area contributed by atoms with Crippen LogP contribution in [0.2, 0.25) is 0 Å². The topological polar surface area (TPSA) is 86.7 Å². The zero-order chi connectivity index (χ0) is 36.1. The van der Waals surface area contributed by atoms with Gasteiger partial charge in [-0.3, -0.25) is 13.9 Å². The van der Waals surface area contributed by atoms with Gasteiger partial charge in [0, 0.05) is 30.1 Å². The van der Waals surface area contributed by atoms with Gasteiger partial charge < -0.3 is 10.4 Å². The molecule has 7 rings (SSSR count). The molecule has 1 amide bonds. The number of nitrogens with zero attached hydrogens (tertiary/aromatic N) is 1. The van der Waals surface area contributed by atoms with Gasteiger partial charge in [-0.1, -0.05) is 65.0 Å². The highest BCUT2D eigenvalue weighted by molar-refractivity contribution is 8.00. The molecule has 1 aromatic carbocycles. The molecule has 0 radical (unpaired) electrons. The Balaban J connectivity index is 1.16. The van der Waals surface area contributed by atoms with E-state index in [0.29, 0.717) is 66.3 Å². The standard InChI is InChI=1S/C43H62N2O4S/c1-28(2)31-15-20-43(44-36(46)27-45-23-25-50(8,49)26-24-45)22-21-41(6)33(37(31)43)13-14-35-40(5)18-16-32(29-9-11-30(12-10-29)38(47)48)39(3,4)34(40)17-19-42(35,41)7/h9-12,16,31,33-35,37H,1,8,13-15,17-27H2,2-7H3,(H,44,46)(H,47,48)/t31-,33+,34-,35+,37+,40-,41+,42+,43-/m0/s1. The van der Waals surface area contributed by atoms with E-state index in [2.05, 4.69) is 70.3 Å². The van der Waals surface area contributed by atoms with Crippen molar-refractivity contribution in [3.63, 3.8) is 0 Å². The van der Waals surface area contributed by atoms with Crippen molar-refractivity contribution in [1.82, 2.24) is 10.2 Å². The van der Waals surface area contributed by atoms with E-state index in [-0.39, 0.29) is 33.1 Å². The number of hydrogen-bond donors (Lipinski definition) is 2. The molecule has 0 unspecified atom stereocenters. The Kier molecular flexibility index (Phi) is 8.70. The summed E-state index contributed by atoms with van der Waals surface area (Å²) in [5.41, 5.74) is 4.54. The Morgan fingerprint density at radius 1 is 0.920 bits per heavy atom. The minimum atomic E-state index is -1.99. The van der Waals surface area contributed by atoms with Gasteiger partial charge in [0.05, 0.1) is 12.1 Å². The summed E-state index contributed by atoms with van der Waals surface area (Å²) >= 11 is 0. The first-order valence-electron chi connectivity index (χ1n) is 19.4. The monoisotopic (exact) mass is 702 g/mol. The van der Waals surface area contributed by atoms with E-state index < -0.39 is 15.5 Å². The van der Waals surface area contributed by atoms with Crippen molar-refractivity contribution in [2.75, 3.05) is 31.1 Å². The number of allylic oxidation sites excluding steroid dienone is 3. The molecule has 2 N–H and O–H groups in total. The van der Waals surface area contributed by atoms with E-state index in [1.165, 1.54) is 36.8 Å². The Labute approximate surface area is 301 Å². The number of carboxylic acid groups (broad SMARTS) is 1. The van der Waals surface area contributed by atoms with Crippen LogP contribution in [0.25, 0.3) is 5.57 Å². The Hall–Kier alpha value is -2.38. The van der Waals surface area contributed by atoms with E-state index in [9.17, 15) is 18.9 Å². The Morgan fingerprint density at radius 2 is 1.60 bits per heavy atom. The van der Waals surface area contributed by atoms with Crippen molar-refractivity contribution in [1.29, 1.82) is 0 Å². The van der Waals surface area contributed by atoms with Gasteiger partial charge in [0.15, 0.2) is 0 Å². The first-order chi connectivity index (χ1) is 23.4. The fourth-order valence-corrected chi connectivity index (χ4v) is 15.1. The summed E-state index contributed by atoms with van der Waals surface area (Å²) in [5.74, 6) is 6.90. The van der Waals surface area contributed by atoms with Crippen LogP contribution in [0.1, 0.15) is 115 Å². The molecular weight excluding hydrogens is 641 g/mol. The van der Waals surface area contributed by atoms with Gasteiger partial charge in [0.2, 0.25) is 5.91 Å². The summed E-state index contributed by atoms with van der Waals surface area (Å²) in [4.78, 5) is 27.6. The number of amides is 1. The second kappa shape index (κ2) is 12.1. The maximum absolute atomic E-state index is 13.8. The highest BCUT2D eigenvalue weighted by Crippen LogP contribution is 2.76. The van der Waals surface area contributed by atoms with Gasteiger partial charge in [-0.25, -0.2) is 4.79 Å². The normalized spacial score (nSPS) is 41.8. The number of aromatic carboxylic acids is 1. The SMILES string of the molecule is C=C(C)[C@@H]1CC[C@]2(NC(=O)CN3CCS(=C)(=O)CC3)CC[C@]3(C)[C@H](CC[C@@H]4[C@@]5(C)CC=C(c6ccc(C(=O)O)cc6)C(C)(C)[C@@H]5CC[C@]43C)[C@@H]12. The number of carbonyl (C=O) groups is 2. The molecular formula is C43H62N2O4S. The lowest BCUT2D eigenvalue weighted by atomic mass is 9.33. The van der Waals surface area contributed by atoms with Crippen LogP contribution < -0.4 is 5.32 Å². The number of benzene rings is 1. The minimum absolute atomic E-state index is 0.0161.